The van der Waals surface area contributed by atoms with Gasteiger partial charge in [-0.1, -0.05) is 11.6 Å². The number of ether oxygens (including phenoxy) is 1. The van der Waals surface area contributed by atoms with Gasteiger partial charge in [-0.2, -0.15) is 0 Å². The molecule has 1 saturated heterocycles. The lowest BCUT2D eigenvalue weighted by atomic mass is 10.2. The third kappa shape index (κ3) is 4.93. The number of halogens is 2. The van der Waals surface area contributed by atoms with Gasteiger partial charge in [0.1, 0.15) is 17.7 Å². The maximum absolute atomic E-state index is 14.1. The molecule has 3 aromatic heterocycles. The standard InChI is InChI=1S/C25H26ClFN8O2/c1-33(22-15-28-7-9-34(22)10-11-36)16-5-6-19(21(12-16)37-2)31-25-30-13-17(26)23(32-25)20-14-29-24-18(27)4-3-8-35(20)24/h3-6,8,11-14,22,28H,7,9-10,15H2,1-2H3,(H,30,31,32). The van der Waals surface area contributed by atoms with Crippen molar-refractivity contribution in [2.45, 2.75) is 6.17 Å². The minimum absolute atomic E-state index is 0.0277. The molecule has 10 nitrogen and oxygen atoms in total. The largest absolute Gasteiger partial charge is 0.494 e. The van der Waals surface area contributed by atoms with Crippen LogP contribution in [0.15, 0.2) is 48.9 Å². The smallest absolute Gasteiger partial charge is 0.227 e. The fourth-order valence-electron chi connectivity index (χ4n) is 4.48. The SMILES string of the molecule is COc1cc(N(C)C2CNCCN2CC=O)ccc1Nc1ncc(Cl)c(-c2cnc3c(F)cccn23)n1. The number of nitrogens with zero attached hydrogens (tertiary/aromatic N) is 6. The number of aromatic nitrogens is 4. The second kappa shape index (κ2) is 10.7. The average molecular weight is 525 g/mol. The number of hydrogen-bond acceptors (Lipinski definition) is 9. The average Bonchev–Trinajstić information content (AvgIpc) is 3.35. The molecule has 2 N–H and O–H groups in total. The molecule has 37 heavy (non-hydrogen) atoms. The topological polar surface area (TPSA) is 99.9 Å². The van der Waals surface area contributed by atoms with Crippen molar-refractivity contribution in [1.29, 1.82) is 0 Å². The van der Waals surface area contributed by atoms with Crippen LogP contribution in [0.5, 0.6) is 5.75 Å². The molecule has 5 rings (SSSR count). The summed E-state index contributed by atoms with van der Waals surface area (Å²) in [6.07, 6.45) is 5.67. The summed E-state index contributed by atoms with van der Waals surface area (Å²) in [5.41, 5.74) is 2.71. The van der Waals surface area contributed by atoms with Crippen LogP contribution in [0.25, 0.3) is 17.0 Å². The van der Waals surface area contributed by atoms with E-state index < -0.39 is 5.82 Å². The van der Waals surface area contributed by atoms with Crippen molar-refractivity contribution in [3.63, 3.8) is 0 Å². The molecule has 0 saturated carbocycles. The van der Waals surface area contributed by atoms with Crippen LogP contribution < -0.4 is 20.3 Å². The number of rotatable bonds is 8. The summed E-state index contributed by atoms with van der Waals surface area (Å²) in [5, 5.41) is 6.88. The highest BCUT2D eigenvalue weighted by atomic mass is 35.5. The number of hydrogen-bond donors (Lipinski definition) is 2. The zero-order chi connectivity index (χ0) is 25.9. The van der Waals surface area contributed by atoms with E-state index in [1.54, 1.807) is 23.8 Å². The summed E-state index contributed by atoms with van der Waals surface area (Å²) in [4.78, 5) is 28.4. The predicted octanol–water partition coefficient (Wildman–Crippen LogP) is 3.20. The molecule has 192 valence electrons. The molecule has 1 fully saturated rings. The Kier molecular flexibility index (Phi) is 7.17. The van der Waals surface area contributed by atoms with Gasteiger partial charge in [0, 0.05) is 44.6 Å². The lowest BCUT2D eigenvalue weighted by Gasteiger charge is -2.41. The Morgan fingerprint density at radius 3 is 3.00 bits per heavy atom. The molecular formula is C25H26ClFN8O2. The number of pyridine rings is 1. The Morgan fingerprint density at radius 1 is 1.32 bits per heavy atom. The highest BCUT2D eigenvalue weighted by molar-refractivity contribution is 6.32. The van der Waals surface area contributed by atoms with Crippen molar-refractivity contribution >= 4 is 40.9 Å². The van der Waals surface area contributed by atoms with Crippen molar-refractivity contribution in [2.24, 2.45) is 0 Å². The summed E-state index contributed by atoms with van der Waals surface area (Å²) in [5.74, 6) is 0.441. The van der Waals surface area contributed by atoms with E-state index in [2.05, 4.69) is 35.4 Å². The number of likely N-dealkylation sites (N-methyl/N-ethyl adjacent to an activating group) is 1. The first kappa shape index (κ1) is 24.9. The Balaban J connectivity index is 1.42. The first-order valence-electron chi connectivity index (χ1n) is 11.7. The van der Waals surface area contributed by atoms with Crippen LogP contribution in [-0.2, 0) is 4.79 Å². The van der Waals surface area contributed by atoms with Crippen LogP contribution >= 0.6 is 11.6 Å². The lowest BCUT2D eigenvalue weighted by Crippen LogP contribution is -2.58. The molecular weight excluding hydrogens is 499 g/mol. The molecule has 1 aliphatic heterocycles. The molecule has 1 aliphatic rings. The normalized spacial score (nSPS) is 16.1. The number of imidazole rings is 1. The van der Waals surface area contributed by atoms with Crippen LogP contribution in [0.4, 0.5) is 21.7 Å². The van der Waals surface area contributed by atoms with Crippen LogP contribution in [0.2, 0.25) is 5.02 Å². The molecule has 0 radical (unpaired) electrons. The predicted molar refractivity (Wildman–Crippen MR) is 140 cm³/mol. The van der Waals surface area contributed by atoms with E-state index in [1.165, 1.54) is 18.5 Å². The maximum Gasteiger partial charge on any atom is 0.227 e. The van der Waals surface area contributed by atoms with Crippen molar-refractivity contribution < 1.29 is 13.9 Å². The van der Waals surface area contributed by atoms with E-state index in [1.807, 2.05) is 25.2 Å². The fourth-order valence-corrected chi connectivity index (χ4v) is 4.66. The number of nitrogens with one attached hydrogen (secondary N) is 2. The van der Waals surface area contributed by atoms with Gasteiger partial charge in [-0.15, -0.1) is 0 Å². The Labute approximate surface area is 218 Å². The number of aldehydes is 1. The van der Waals surface area contributed by atoms with E-state index in [9.17, 15) is 9.18 Å². The van der Waals surface area contributed by atoms with Gasteiger partial charge >= 0.3 is 0 Å². The van der Waals surface area contributed by atoms with Gasteiger partial charge in [0.15, 0.2) is 11.5 Å². The fraction of sp³-hybridized carbons (Fsp3) is 0.280. The molecule has 0 amide bonds. The van der Waals surface area contributed by atoms with Gasteiger partial charge in [0.05, 0.1) is 48.6 Å². The van der Waals surface area contributed by atoms with Crippen LogP contribution in [0.1, 0.15) is 0 Å². The molecule has 0 aliphatic carbocycles. The van der Waals surface area contributed by atoms with Gasteiger partial charge in [0.2, 0.25) is 5.95 Å². The van der Waals surface area contributed by atoms with E-state index in [-0.39, 0.29) is 11.8 Å². The molecule has 1 unspecified atom stereocenters. The Bertz CT molecular complexity index is 1430. The number of fused-ring (bicyclic) bond motifs is 1. The quantitative estimate of drug-likeness (QED) is 0.336. The highest BCUT2D eigenvalue weighted by Crippen LogP contribution is 2.33. The van der Waals surface area contributed by atoms with E-state index in [0.717, 1.165) is 31.6 Å². The number of benzene rings is 1. The molecule has 0 bridgehead atoms. The molecule has 4 heterocycles. The summed E-state index contributed by atoms with van der Waals surface area (Å²) >= 11 is 6.40. The first-order valence-corrected chi connectivity index (χ1v) is 12.1. The van der Waals surface area contributed by atoms with Crippen molar-refractivity contribution in [3.8, 4) is 17.1 Å². The minimum Gasteiger partial charge on any atom is -0.494 e. The molecule has 0 spiro atoms. The third-order valence-corrected chi connectivity index (χ3v) is 6.67. The monoisotopic (exact) mass is 524 g/mol. The zero-order valence-electron chi connectivity index (χ0n) is 20.4. The van der Waals surface area contributed by atoms with Gasteiger partial charge in [-0.25, -0.2) is 19.3 Å². The van der Waals surface area contributed by atoms with Crippen molar-refractivity contribution in [1.82, 2.24) is 29.6 Å². The zero-order valence-corrected chi connectivity index (χ0v) is 21.1. The number of piperazine rings is 1. The number of methoxy groups -OCH3 is 1. The van der Waals surface area contributed by atoms with E-state index >= 15 is 0 Å². The minimum atomic E-state index is -0.439. The van der Waals surface area contributed by atoms with Crippen LogP contribution in [0.3, 0.4) is 0 Å². The van der Waals surface area contributed by atoms with Crippen molar-refractivity contribution in [2.75, 3.05) is 50.6 Å². The molecule has 1 atom stereocenters. The van der Waals surface area contributed by atoms with Gasteiger partial charge < -0.3 is 25.1 Å². The molecule has 4 aromatic rings. The van der Waals surface area contributed by atoms with Gasteiger partial charge in [0.25, 0.3) is 0 Å². The van der Waals surface area contributed by atoms with E-state index in [0.29, 0.717) is 40.3 Å². The summed E-state index contributed by atoms with van der Waals surface area (Å²) in [7, 11) is 3.58. The Hall–Kier alpha value is -3.80. The van der Waals surface area contributed by atoms with Crippen LogP contribution in [-0.4, -0.2) is 77.0 Å². The number of anilines is 3. The molecule has 12 heteroatoms. The summed E-state index contributed by atoms with van der Waals surface area (Å²) in [6.45, 7) is 2.75. The summed E-state index contributed by atoms with van der Waals surface area (Å²) < 4.78 is 21.4. The first-order chi connectivity index (χ1) is 18.0. The number of carbonyl (C=O) groups is 1. The molecule has 1 aromatic carbocycles. The second-order valence-electron chi connectivity index (χ2n) is 8.55. The Morgan fingerprint density at radius 2 is 2.19 bits per heavy atom. The van der Waals surface area contributed by atoms with E-state index in [4.69, 9.17) is 16.3 Å². The van der Waals surface area contributed by atoms with Gasteiger partial charge in [-0.3, -0.25) is 9.30 Å². The number of carbonyl (C=O) groups excluding carboxylic acids is 1. The summed E-state index contributed by atoms with van der Waals surface area (Å²) in [6, 6.07) is 8.69. The van der Waals surface area contributed by atoms with Crippen LogP contribution in [0, 0.1) is 5.82 Å². The maximum atomic E-state index is 14.1. The lowest BCUT2D eigenvalue weighted by molar-refractivity contribution is -0.109. The van der Waals surface area contributed by atoms with Crippen molar-refractivity contribution in [3.05, 3.63) is 59.8 Å². The second-order valence-corrected chi connectivity index (χ2v) is 8.96. The van der Waals surface area contributed by atoms with Gasteiger partial charge in [-0.05, 0) is 24.3 Å². The highest BCUT2D eigenvalue weighted by Gasteiger charge is 2.26. The third-order valence-electron chi connectivity index (χ3n) is 6.39.